The fourth-order valence-electron chi connectivity index (χ4n) is 2.62. The highest BCUT2D eigenvalue weighted by atomic mass is 127. The number of nitrogens with one attached hydrogen (secondary N) is 2. The van der Waals surface area contributed by atoms with Gasteiger partial charge < -0.3 is 15.2 Å². The molecule has 25 heavy (non-hydrogen) atoms. The summed E-state index contributed by atoms with van der Waals surface area (Å²) >= 11 is 0. The fourth-order valence-corrected chi connectivity index (χ4v) is 2.62. The van der Waals surface area contributed by atoms with E-state index in [0.29, 0.717) is 5.92 Å². The zero-order chi connectivity index (χ0) is 17.2. The van der Waals surface area contributed by atoms with Gasteiger partial charge in [0.1, 0.15) is 5.82 Å². The summed E-state index contributed by atoms with van der Waals surface area (Å²) in [7, 11) is 1.82. The third kappa shape index (κ3) is 7.46. The van der Waals surface area contributed by atoms with Gasteiger partial charge in [-0.25, -0.2) is 4.98 Å². The number of halogens is 1. The van der Waals surface area contributed by atoms with Crippen LogP contribution < -0.4 is 10.6 Å². The molecule has 1 aromatic heterocycles. The molecule has 0 saturated heterocycles. The molecule has 1 atom stereocenters. The minimum atomic E-state index is 0. The van der Waals surface area contributed by atoms with Crippen LogP contribution >= 0.6 is 24.0 Å². The van der Waals surface area contributed by atoms with Gasteiger partial charge in [0, 0.05) is 39.1 Å². The van der Waals surface area contributed by atoms with Gasteiger partial charge in [0.05, 0.1) is 0 Å². The monoisotopic (exact) mass is 455 g/mol. The molecule has 0 saturated carbocycles. The van der Waals surface area contributed by atoms with Gasteiger partial charge >= 0.3 is 0 Å². The lowest BCUT2D eigenvalue weighted by Gasteiger charge is -2.16. The van der Waals surface area contributed by atoms with Crippen LogP contribution in [0.15, 0.2) is 47.7 Å². The Morgan fingerprint density at radius 3 is 2.60 bits per heavy atom. The van der Waals surface area contributed by atoms with Crippen molar-refractivity contribution in [2.45, 2.75) is 39.2 Å². The number of aryl methyl sites for hydroxylation is 2. The van der Waals surface area contributed by atoms with Crippen LogP contribution in [0.25, 0.3) is 0 Å². The molecular formula is C19H30IN5. The first-order chi connectivity index (χ1) is 11.7. The lowest BCUT2D eigenvalue weighted by Crippen LogP contribution is -2.39. The second-order valence-electron chi connectivity index (χ2n) is 6.07. The summed E-state index contributed by atoms with van der Waals surface area (Å²) in [4.78, 5) is 8.54. The zero-order valence-electron chi connectivity index (χ0n) is 15.4. The molecule has 0 amide bonds. The maximum absolute atomic E-state index is 4.29. The van der Waals surface area contributed by atoms with Gasteiger partial charge in [-0.2, -0.15) is 0 Å². The van der Waals surface area contributed by atoms with Gasteiger partial charge in [0.25, 0.3) is 0 Å². The van der Waals surface area contributed by atoms with Crippen molar-refractivity contribution in [2.24, 2.45) is 4.99 Å². The molecular weight excluding hydrogens is 425 g/mol. The van der Waals surface area contributed by atoms with E-state index in [4.69, 9.17) is 0 Å². The smallest absolute Gasteiger partial charge is 0.190 e. The van der Waals surface area contributed by atoms with Gasteiger partial charge in [-0.1, -0.05) is 37.3 Å². The largest absolute Gasteiger partial charge is 0.356 e. The number of rotatable bonds is 8. The lowest BCUT2D eigenvalue weighted by atomic mass is 10.0. The lowest BCUT2D eigenvalue weighted by molar-refractivity contribution is 0.587. The highest BCUT2D eigenvalue weighted by Crippen LogP contribution is 2.12. The number of hydrogen-bond acceptors (Lipinski definition) is 2. The second-order valence-corrected chi connectivity index (χ2v) is 6.07. The highest BCUT2D eigenvalue weighted by Gasteiger charge is 2.05. The first-order valence-electron chi connectivity index (χ1n) is 8.68. The van der Waals surface area contributed by atoms with Gasteiger partial charge in [-0.05, 0) is 31.2 Å². The van der Waals surface area contributed by atoms with Crippen molar-refractivity contribution in [3.8, 4) is 0 Å². The van der Waals surface area contributed by atoms with Crippen LogP contribution in [0.5, 0.6) is 0 Å². The summed E-state index contributed by atoms with van der Waals surface area (Å²) in [5.41, 5.74) is 1.34. The zero-order valence-corrected chi connectivity index (χ0v) is 17.7. The molecule has 138 valence electrons. The Bertz CT molecular complexity index is 624. The van der Waals surface area contributed by atoms with Crippen molar-refractivity contribution in [2.75, 3.05) is 20.1 Å². The van der Waals surface area contributed by atoms with E-state index in [0.717, 1.165) is 44.3 Å². The van der Waals surface area contributed by atoms with Gasteiger partial charge in [-0.15, -0.1) is 24.0 Å². The van der Waals surface area contributed by atoms with Crippen LogP contribution in [0, 0.1) is 6.92 Å². The van der Waals surface area contributed by atoms with E-state index >= 15 is 0 Å². The van der Waals surface area contributed by atoms with Gasteiger partial charge in [0.2, 0.25) is 0 Å². The third-order valence-electron chi connectivity index (χ3n) is 4.21. The minimum absolute atomic E-state index is 0. The maximum Gasteiger partial charge on any atom is 0.190 e. The summed E-state index contributed by atoms with van der Waals surface area (Å²) in [6, 6.07) is 10.6. The number of aromatic nitrogens is 2. The molecule has 0 radical (unpaired) electrons. The number of unbranched alkanes of at least 4 members (excludes halogenated alkanes) is 1. The third-order valence-corrected chi connectivity index (χ3v) is 4.21. The first kappa shape index (κ1) is 21.5. The molecule has 1 heterocycles. The van der Waals surface area contributed by atoms with Crippen molar-refractivity contribution >= 4 is 29.9 Å². The Hall–Kier alpha value is -1.57. The Kier molecular flexibility index (Phi) is 10.2. The molecule has 6 heteroatoms. The molecule has 2 rings (SSSR count). The molecule has 1 unspecified atom stereocenters. The van der Waals surface area contributed by atoms with Crippen molar-refractivity contribution in [3.05, 3.63) is 54.1 Å². The standard InChI is InChI=1S/C19H29N5.HI/c1-16(18-9-5-4-6-10-18)15-23-19(20-3)22-11-7-8-13-24-14-12-21-17(24)2;/h4-6,9-10,12,14,16H,7-8,11,13,15H2,1-3H3,(H2,20,22,23);1H. The molecule has 1 aromatic carbocycles. The van der Waals surface area contributed by atoms with Crippen LogP contribution in [0.4, 0.5) is 0 Å². The van der Waals surface area contributed by atoms with E-state index in [9.17, 15) is 0 Å². The van der Waals surface area contributed by atoms with Crippen LogP contribution in [0.1, 0.15) is 37.1 Å². The maximum atomic E-state index is 4.29. The molecule has 0 spiro atoms. The van der Waals surface area contributed by atoms with Crippen LogP contribution in [0.2, 0.25) is 0 Å². The van der Waals surface area contributed by atoms with E-state index < -0.39 is 0 Å². The SMILES string of the molecule is CN=C(NCCCCn1ccnc1C)NCC(C)c1ccccc1.I. The number of imidazole rings is 1. The Morgan fingerprint density at radius 2 is 1.96 bits per heavy atom. The predicted octanol–water partition coefficient (Wildman–Crippen LogP) is 3.56. The quantitative estimate of drug-likeness (QED) is 0.277. The second kappa shape index (κ2) is 11.9. The summed E-state index contributed by atoms with van der Waals surface area (Å²) in [5.74, 6) is 2.40. The molecule has 0 fully saturated rings. The number of guanidine groups is 1. The Morgan fingerprint density at radius 1 is 1.20 bits per heavy atom. The normalized spacial score (nSPS) is 12.4. The van der Waals surface area contributed by atoms with Crippen LogP contribution in [-0.4, -0.2) is 35.6 Å². The van der Waals surface area contributed by atoms with Crippen molar-refractivity contribution in [1.29, 1.82) is 0 Å². The van der Waals surface area contributed by atoms with Gasteiger partial charge in [0.15, 0.2) is 5.96 Å². The average Bonchev–Trinajstić information content (AvgIpc) is 3.02. The predicted molar refractivity (Wildman–Crippen MR) is 116 cm³/mol. The summed E-state index contributed by atoms with van der Waals surface area (Å²) in [6.07, 6.45) is 6.12. The summed E-state index contributed by atoms with van der Waals surface area (Å²) in [5, 5.41) is 6.79. The number of hydrogen-bond donors (Lipinski definition) is 2. The van der Waals surface area contributed by atoms with E-state index in [1.165, 1.54) is 5.56 Å². The number of benzene rings is 1. The van der Waals surface area contributed by atoms with Crippen molar-refractivity contribution < 1.29 is 0 Å². The average molecular weight is 455 g/mol. The van der Waals surface area contributed by atoms with Crippen LogP contribution in [0.3, 0.4) is 0 Å². The molecule has 0 bridgehead atoms. The molecule has 5 nitrogen and oxygen atoms in total. The molecule has 0 aliphatic rings. The van der Waals surface area contributed by atoms with E-state index in [-0.39, 0.29) is 24.0 Å². The summed E-state index contributed by atoms with van der Waals surface area (Å²) in [6.45, 7) is 7.08. The molecule has 2 aromatic rings. The first-order valence-corrected chi connectivity index (χ1v) is 8.68. The summed E-state index contributed by atoms with van der Waals surface area (Å²) < 4.78 is 2.19. The van der Waals surface area contributed by atoms with E-state index in [1.54, 1.807) is 0 Å². The number of aliphatic imine (C=N–C) groups is 1. The Labute approximate surface area is 168 Å². The van der Waals surface area contributed by atoms with Crippen molar-refractivity contribution in [1.82, 2.24) is 20.2 Å². The van der Waals surface area contributed by atoms with Gasteiger partial charge in [-0.3, -0.25) is 4.99 Å². The van der Waals surface area contributed by atoms with E-state index in [1.807, 2.05) is 26.4 Å². The van der Waals surface area contributed by atoms with Crippen molar-refractivity contribution in [3.63, 3.8) is 0 Å². The highest BCUT2D eigenvalue weighted by molar-refractivity contribution is 14.0. The number of nitrogens with zero attached hydrogens (tertiary/aromatic N) is 3. The molecule has 2 N–H and O–H groups in total. The minimum Gasteiger partial charge on any atom is -0.356 e. The molecule has 0 aliphatic heterocycles. The van der Waals surface area contributed by atoms with Crippen LogP contribution in [-0.2, 0) is 6.54 Å². The molecule has 0 aliphatic carbocycles. The Balaban J connectivity index is 0.00000312. The fraction of sp³-hybridized carbons (Fsp3) is 0.474. The topological polar surface area (TPSA) is 54.2 Å². The van der Waals surface area contributed by atoms with E-state index in [2.05, 4.69) is 62.4 Å².